The van der Waals surface area contributed by atoms with Gasteiger partial charge in [0.2, 0.25) is 6.79 Å². The zero-order valence-electron chi connectivity index (χ0n) is 15.3. The molecule has 6 nitrogen and oxygen atoms in total. The fourth-order valence-electron chi connectivity index (χ4n) is 3.46. The van der Waals surface area contributed by atoms with Gasteiger partial charge in [-0.15, -0.1) is 0 Å². The van der Waals surface area contributed by atoms with Crippen molar-refractivity contribution in [2.24, 2.45) is 0 Å². The highest BCUT2D eigenvalue weighted by atomic mass is 16.7. The standard InChI is InChI=1S/C23H16O6/c24-16-9-14-5-1-3-7-18(14)20(11-16)22(26)28-13-29-23(27)21-12-17(25)10-15-6-2-4-8-19(15)21/h1-8,11-12H,9-10,13H2. The van der Waals surface area contributed by atoms with Gasteiger partial charge in [-0.2, -0.15) is 0 Å². The van der Waals surface area contributed by atoms with Crippen LogP contribution in [0.2, 0.25) is 0 Å². The highest BCUT2D eigenvalue weighted by molar-refractivity contribution is 6.24. The summed E-state index contributed by atoms with van der Waals surface area (Å²) >= 11 is 0. The van der Waals surface area contributed by atoms with Crippen LogP contribution >= 0.6 is 0 Å². The zero-order valence-corrected chi connectivity index (χ0v) is 15.3. The highest BCUT2D eigenvalue weighted by Crippen LogP contribution is 2.27. The average Bonchev–Trinajstić information content (AvgIpc) is 2.72. The van der Waals surface area contributed by atoms with E-state index in [4.69, 9.17) is 9.47 Å². The van der Waals surface area contributed by atoms with Gasteiger partial charge in [0.15, 0.2) is 11.6 Å². The van der Waals surface area contributed by atoms with Crippen molar-refractivity contribution in [3.05, 3.63) is 82.9 Å². The molecule has 0 fully saturated rings. The minimum Gasteiger partial charge on any atom is -0.424 e. The van der Waals surface area contributed by atoms with Crippen molar-refractivity contribution < 1.29 is 28.7 Å². The van der Waals surface area contributed by atoms with Crippen LogP contribution in [-0.4, -0.2) is 30.3 Å². The molecule has 0 saturated heterocycles. The molecular weight excluding hydrogens is 372 g/mol. The minimum absolute atomic E-state index is 0.130. The SMILES string of the molecule is O=C1C=C(C(=O)OCOC(=O)C2=CC(=O)Cc3ccccc32)c2ccccc2C1. The molecule has 4 rings (SSSR count). The van der Waals surface area contributed by atoms with Crippen LogP contribution < -0.4 is 0 Å². The van der Waals surface area contributed by atoms with E-state index < -0.39 is 18.7 Å². The van der Waals surface area contributed by atoms with Gasteiger partial charge in [-0.05, 0) is 34.4 Å². The molecule has 0 atom stereocenters. The molecule has 0 bridgehead atoms. The predicted molar refractivity (Wildman–Crippen MR) is 103 cm³/mol. The van der Waals surface area contributed by atoms with Crippen molar-refractivity contribution in [2.45, 2.75) is 12.8 Å². The second-order valence-corrected chi connectivity index (χ2v) is 6.70. The molecule has 0 spiro atoms. The summed E-state index contributed by atoms with van der Waals surface area (Å²) in [4.78, 5) is 48.6. The van der Waals surface area contributed by atoms with Crippen LogP contribution in [0.1, 0.15) is 22.3 Å². The second-order valence-electron chi connectivity index (χ2n) is 6.70. The summed E-state index contributed by atoms with van der Waals surface area (Å²) in [5.74, 6) is -1.91. The maximum atomic E-state index is 12.4. The van der Waals surface area contributed by atoms with E-state index in [0.717, 1.165) is 11.1 Å². The Morgan fingerprint density at radius 3 is 1.55 bits per heavy atom. The van der Waals surface area contributed by atoms with Gasteiger partial charge in [-0.3, -0.25) is 9.59 Å². The van der Waals surface area contributed by atoms with Crippen LogP contribution in [0.15, 0.2) is 60.7 Å². The van der Waals surface area contributed by atoms with Crippen molar-refractivity contribution in [3.63, 3.8) is 0 Å². The van der Waals surface area contributed by atoms with E-state index in [1.807, 2.05) is 0 Å². The summed E-state index contributed by atoms with van der Waals surface area (Å²) < 4.78 is 10.1. The van der Waals surface area contributed by atoms with Gasteiger partial charge in [0.25, 0.3) is 0 Å². The molecule has 0 amide bonds. The summed E-state index contributed by atoms with van der Waals surface area (Å²) in [6.07, 6.45) is 2.93. The van der Waals surface area contributed by atoms with E-state index in [1.165, 1.54) is 12.2 Å². The maximum absolute atomic E-state index is 12.4. The molecule has 2 aliphatic rings. The van der Waals surface area contributed by atoms with Crippen LogP contribution in [0.5, 0.6) is 0 Å². The topological polar surface area (TPSA) is 86.7 Å². The lowest BCUT2D eigenvalue weighted by atomic mass is 9.90. The fraction of sp³-hybridized carbons (Fsp3) is 0.130. The Morgan fingerprint density at radius 1 is 0.690 bits per heavy atom. The van der Waals surface area contributed by atoms with Crippen LogP contribution in [-0.2, 0) is 41.5 Å². The first-order valence-electron chi connectivity index (χ1n) is 9.03. The first-order chi connectivity index (χ1) is 14.0. The predicted octanol–water partition coefficient (Wildman–Crippen LogP) is 2.45. The lowest BCUT2D eigenvalue weighted by Crippen LogP contribution is -2.20. The number of hydrogen-bond acceptors (Lipinski definition) is 6. The molecule has 0 unspecified atom stereocenters. The molecular formula is C23H16O6. The minimum atomic E-state index is -0.757. The third-order valence-electron chi connectivity index (χ3n) is 4.77. The molecule has 0 N–H and O–H groups in total. The molecule has 0 heterocycles. The molecule has 0 aromatic heterocycles. The van der Waals surface area contributed by atoms with E-state index in [0.29, 0.717) is 11.1 Å². The maximum Gasteiger partial charge on any atom is 0.341 e. The van der Waals surface area contributed by atoms with Crippen molar-refractivity contribution in [1.29, 1.82) is 0 Å². The number of ether oxygens (including phenoxy) is 2. The Morgan fingerprint density at radius 2 is 1.10 bits per heavy atom. The van der Waals surface area contributed by atoms with Gasteiger partial charge >= 0.3 is 11.9 Å². The Balaban J connectivity index is 1.43. The van der Waals surface area contributed by atoms with Crippen LogP contribution in [0.4, 0.5) is 0 Å². The molecule has 144 valence electrons. The van der Waals surface area contributed by atoms with Gasteiger partial charge in [-0.25, -0.2) is 9.59 Å². The third-order valence-corrected chi connectivity index (χ3v) is 4.77. The molecule has 0 aliphatic heterocycles. The number of rotatable bonds is 4. The van der Waals surface area contributed by atoms with Crippen molar-refractivity contribution in [1.82, 2.24) is 0 Å². The monoisotopic (exact) mass is 388 g/mol. The van der Waals surface area contributed by atoms with Crippen LogP contribution in [0.25, 0.3) is 11.1 Å². The lowest BCUT2D eigenvalue weighted by molar-refractivity contribution is -0.159. The van der Waals surface area contributed by atoms with Gasteiger partial charge < -0.3 is 9.47 Å². The highest BCUT2D eigenvalue weighted by Gasteiger charge is 2.25. The first kappa shape index (κ1) is 18.6. The normalized spacial score (nSPS) is 14.9. The van der Waals surface area contributed by atoms with E-state index in [-0.39, 0.29) is 35.6 Å². The summed E-state index contributed by atoms with van der Waals surface area (Å²) in [6.45, 7) is -0.626. The smallest absolute Gasteiger partial charge is 0.341 e. The molecule has 2 aliphatic carbocycles. The Labute approximate surface area is 166 Å². The van der Waals surface area contributed by atoms with Crippen molar-refractivity contribution in [2.75, 3.05) is 6.79 Å². The lowest BCUT2D eigenvalue weighted by Gasteiger charge is -2.17. The summed E-state index contributed by atoms with van der Waals surface area (Å²) in [6, 6.07) is 14.1. The van der Waals surface area contributed by atoms with Crippen molar-refractivity contribution in [3.8, 4) is 0 Å². The first-order valence-corrected chi connectivity index (χ1v) is 9.03. The van der Waals surface area contributed by atoms with Gasteiger partial charge in [0.1, 0.15) is 0 Å². The Hall–Kier alpha value is -3.80. The second kappa shape index (κ2) is 7.67. The summed E-state index contributed by atoms with van der Waals surface area (Å²) in [7, 11) is 0. The fourth-order valence-corrected chi connectivity index (χ4v) is 3.46. The number of benzene rings is 2. The number of fused-ring (bicyclic) bond motifs is 2. The number of hydrogen-bond donors (Lipinski definition) is 0. The number of carbonyl (C=O) groups excluding carboxylic acids is 4. The Kier molecular flexibility index (Phi) is 4.91. The van der Waals surface area contributed by atoms with E-state index >= 15 is 0 Å². The summed E-state index contributed by atoms with van der Waals surface area (Å²) in [5.41, 5.74) is 2.99. The van der Waals surface area contributed by atoms with Crippen LogP contribution in [0, 0.1) is 0 Å². The number of carbonyl (C=O) groups is 4. The van der Waals surface area contributed by atoms with Gasteiger partial charge in [0.05, 0.1) is 11.1 Å². The molecule has 2 aromatic carbocycles. The molecule has 6 heteroatoms. The largest absolute Gasteiger partial charge is 0.424 e. The molecule has 29 heavy (non-hydrogen) atoms. The molecule has 0 radical (unpaired) electrons. The summed E-state index contributed by atoms with van der Waals surface area (Å²) in [5, 5.41) is 0. The third kappa shape index (κ3) is 3.78. The van der Waals surface area contributed by atoms with Gasteiger partial charge in [0, 0.05) is 12.8 Å². The van der Waals surface area contributed by atoms with Gasteiger partial charge in [-0.1, -0.05) is 48.5 Å². The van der Waals surface area contributed by atoms with Crippen LogP contribution in [0.3, 0.4) is 0 Å². The average molecular weight is 388 g/mol. The molecule has 0 saturated carbocycles. The number of allylic oxidation sites excluding steroid dienone is 2. The zero-order chi connectivity index (χ0) is 20.4. The van der Waals surface area contributed by atoms with E-state index in [9.17, 15) is 19.2 Å². The van der Waals surface area contributed by atoms with E-state index in [1.54, 1.807) is 48.5 Å². The van der Waals surface area contributed by atoms with E-state index in [2.05, 4.69) is 0 Å². The number of ketones is 2. The quantitative estimate of drug-likeness (QED) is 0.591. The number of esters is 2. The van der Waals surface area contributed by atoms with Crippen molar-refractivity contribution >= 4 is 34.7 Å². The Bertz CT molecular complexity index is 1020. The molecule has 2 aromatic rings.